The zero-order chi connectivity index (χ0) is 9.54. The molecule has 0 N–H and O–H groups in total. The summed E-state index contributed by atoms with van der Waals surface area (Å²) in [4.78, 5) is 0. The molecule has 2 heteroatoms. The highest BCUT2D eigenvalue weighted by atomic mass is 32.1. The van der Waals surface area contributed by atoms with Crippen molar-refractivity contribution in [1.82, 2.24) is 4.57 Å². The summed E-state index contributed by atoms with van der Waals surface area (Å²) in [6.45, 7) is 3.22. The number of fused-ring (bicyclic) bond motifs is 3. The summed E-state index contributed by atoms with van der Waals surface area (Å²) in [7, 11) is 0. The minimum Gasteiger partial charge on any atom is -0.348 e. The maximum Gasteiger partial charge on any atom is 0.0487 e. The Morgan fingerprint density at radius 3 is 2.93 bits per heavy atom. The summed E-state index contributed by atoms with van der Waals surface area (Å²) >= 11 is 1.81. The van der Waals surface area contributed by atoms with Crippen molar-refractivity contribution >= 4 is 32.3 Å². The van der Waals surface area contributed by atoms with Gasteiger partial charge in [0.15, 0.2) is 0 Å². The molecule has 0 aliphatic carbocycles. The summed E-state index contributed by atoms with van der Waals surface area (Å²) in [5.74, 6) is 0. The van der Waals surface area contributed by atoms with E-state index >= 15 is 0 Å². The number of thiophene rings is 1. The maximum absolute atomic E-state index is 2.28. The molecule has 2 heterocycles. The molecule has 0 aliphatic heterocycles. The normalized spacial score (nSPS) is 11.5. The van der Waals surface area contributed by atoms with E-state index in [1.54, 1.807) is 0 Å². The zero-order valence-corrected chi connectivity index (χ0v) is 8.84. The van der Waals surface area contributed by atoms with Gasteiger partial charge in [-0.15, -0.1) is 11.3 Å². The van der Waals surface area contributed by atoms with Crippen molar-refractivity contribution in [3.8, 4) is 0 Å². The SMILES string of the molecule is CCn1ccc2c3ccsc3ccc21. The van der Waals surface area contributed by atoms with Crippen molar-refractivity contribution in [2.45, 2.75) is 13.5 Å². The van der Waals surface area contributed by atoms with E-state index in [1.165, 1.54) is 21.0 Å². The number of aryl methyl sites for hydroxylation is 1. The van der Waals surface area contributed by atoms with Gasteiger partial charge in [-0.1, -0.05) is 0 Å². The van der Waals surface area contributed by atoms with E-state index in [4.69, 9.17) is 0 Å². The Kier molecular flexibility index (Phi) is 1.64. The van der Waals surface area contributed by atoms with Gasteiger partial charge in [0.2, 0.25) is 0 Å². The number of hydrogen-bond acceptors (Lipinski definition) is 1. The molecule has 3 aromatic rings. The Morgan fingerprint density at radius 1 is 1.14 bits per heavy atom. The maximum atomic E-state index is 2.28. The Hall–Kier alpha value is -1.28. The molecular formula is C12H11NS. The van der Waals surface area contributed by atoms with Gasteiger partial charge in [-0.3, -0.25) is 0 Å². The molecule has 2 aromatic heterocycles. The molecule has 0 bridgehead atoms. The summed E-state index contributed by atoms with van der Waals surface area (Å²) in [5, 5.41) is 4.93. The highest BCUT2D eigenvalue weighted by Crippen LogP contribution is 2.29. The smallest absolute Gasteiger partial charge is 0.0487 e. The standard InChI is InChI=1S/C12H11NS/c1-2-13-7-5-9-10-6-8-14-12(10)4-3-11(9)13/h3-8H,2H2,1H3. The van der Waals surface area contributed by atoms with Crippen LogP contribution in [0.2, 0.25) is 0 Å². The van der Waals surface area contributed by atoms with Crippen molar-refractivity contribution in [1.29, 1.82) is 0 Å². The molecule has 0 radical (unpaired) electrons. The molecule has 70 valence electrons. The molecule has 3 rings (SSSR count). The molecule has 1 aromatic carbocycles. The van der Waals surface area contributed by atoms with Crippen molar-refractivity contribution < 1.29 is 0 Å². The fourth-order valence-corrected chi connectivity index (χ4v) is 2.80. The topological polar surface area (TPSA) is 4.93 Å². The van der Waals surface area contributed by atoms with Crippen LogP contribution in [0.4, 0.5) is 0 Å². The third kappa shape index (κ3) is 0.946. The number of aromatic nitrogens is 1. The van der Waals surface area contributed by atoms with Crippen LogP contribution in [-0.4, -0.2) is 4.57 Å². The lowest BCUT2D eigenvalue weighted by Crippen LogP contribution is -1.89. The van der Waals surface area contributed by atoms with Gasteiger partial charge in [0.25, 0.3) is 0 Å². The van der Waals surface area contributed by atoms with Crippen molar-refractivity contribution in [2.75, 3.05) is 0 Å². The fraction of sp³-hybridized carbons (Fsp3) is 0.167. The summed E-state index contributed by atoms with van der Waals surface area (Å²) < 4.78 is 3.67. The average molecular weight is 201 g/mol. The van der Waals surface area contributed by atoms with Gasteiger partial charge in [-0.25, -0.2) is 0 Å². The summed E-state index contributed by atoms with van der Waals surface area (Å²) in [5.41, 5.74) is 1.35. The monoisotopic (exact) mass is 201 g/mol. The first-order valence-electron chi connectivity index (χ1n) is 4.85. The third-order valence-corrected chi connectivity index (χ3v) is 3.61. The van der Waals surface area contributed by atoms with E-state index in [2.05, 4.69) is 47.3 Å². The molecule has 0 saturated heterocycles. The van der Waals surface area contributed by atoms with Gasteiger partial charge in [0, 0.05) is 33.7 Å². The van der Waals surface area contributed by atoms with Crippen LogP contribution in [0.5, 0.6) is 0 Å². The molecule has 14 heavy (non-hydrogen) atoms. The molecule has 0 aliphatic rings. The highest BCUT2D eigenvalue weighted by Gasteiger charge is 2.04. The second-order valence-corrected chi connectivity index (χ2v) is 4.38. The molecule has 0 unspecified atom stereocenters. The van der Waals surface area contributed by atoms with Gasteiger partial charge >= 0.3 is 0 Å². The molecular weight excluding hydrogens is 190 g/mol. The Bertz CT molecular complexity index is 588. The van der Waals surface area contributed by atoms with Crippen LogP contribution in [-0.2, 0) is 6.54 Å². The van der Waals surface area contributed by atoms with E-state index in [0.29, 0.717) is 0 Å². The lowest BCUT2D eigenvalue weighted by atomic mass is 10.2. The molecule has 1 nitrogen and oxygen atoms in total. The van der Waals surface area contributed by atoms with Crippen LogP contribution in [0.3, 0.4) is 0 Å². The van der Waals surface area contributed by atoms with Crippen LogP contribution < -0.4 is 0 Å². The first-order valence-corrected chi connectivity index (χ1v) is 5.73. The molecule has 0 spiro atoms. The lowest BCUT2D eigenvalue weighted by Gasteiger charge is -2.00. The van der Waals surface area contributed by atoms with Crippen LogP contribution in [0.25, 0.3) is 21.0 Å². The largest absolute Gasteiger partial charge is 0.348 e. The van der Waals surface area contributed by atoms with Crippen LogP contribution in [0.1, 0.15) is 6.92 Å². The van der Waals surface area contributed by atoms with Crippen LogP contribution in [0.15, 0.2) is 35.8 Å². The van der Waals surface area contributed by atoms with Gasteiger partial charge in [0.1, 0.15) is 0 Å². The summed E-state index contributed by atoms with van der Waals surface area (Å²) in [6, 6.07) is 8.86. The lowest BCUT2D eigenvalue weighted by molar-refractivity contribution is 0.798. The number of nitrogens with zero attached hydrogens (tertiary/aromatic N) is 1. The Labute approximate surface area is 86.6 Å². The van der Waals surface area contributed by atoms with Crippen LogP contribution >= 0.6 is 11.3 Å². The quantitative estimate of drug-likeness (QED) is 0.563. The van der Waals surface area contributed by atoms with Gasteiger partial charge in [-0.05, 0) is 36.6 Å². The van der Waals surface area contributed by atoms with Crippen LogP contribution in [0, 0.1) is 0 Å². The van der Waals surface area contributed by atoms with Gasteiger partial charge in [-0.2, -0.15) is 0 Å². The Balaban J connectivity index is 2.52. The second-order valence-electron chi connectivity index (χ2n) is 3.43. The number of rotatable bonds is 1. The number of benzene rings is 1. The fourth-order valence-electron chi connectivity index (χ4n) is 2.00. The second kappa shape index (κ2) is 2.85. The Morgan fingerprint density at radius 2 is 2.07 bits per heavy atom. The minimum atomic E-state index is 1.04. The van der Waals surface area contributed by atoms with Gasteiger partial charge in [0.05, 0.1) is 0 Å². The highest BCUT2D eigenvalue weighted by molar-refractivity contribution is 7.17. The van der Waals surface area contributed by atoms with E-state index in [9.17, 15) is 0 Å². The molecule has 0 saturated carbocycles. The van der Waals surface area contributed by atoms with E-state index in [1.807, 2.05) is 11.3 Å². The molecule has 0 fully saturated rings. The minimum absolute atomic E-state index is 1.04. The first kappa shape index (κ1) is 8.06. The zero-order valence-electron chi connectivity index (χ0n) is 8.03. The third-order valence-electron chi connectivity index (χ3n) is 2.73. The van der Waals surface area contributed by atoms with Crippen molar-refractivity contribution in [3.63, 3.8) is 0 Å². The molecule has 0 atom stereocenters. The summed E-state index contributed by atoms with van der Waals surface area (Å²) in [6.07, 6.45) is 2.17. The molecule has 0 amide bonds. The van der Waals surface area contributed by atoms with Gasteiger partial charge < -0.3 is 4.57 Å². The van der Waals surface area contributed by atoms with E-state index in [-0.39, 0.29) is 0 Å². The van der Waals surface area contributed by atoms with Crippen molar-refractivity contribution in [2.24, 2.45) is 0 Å². The first-order chi connectivity index (χ1) is 6.90. The van der Waals surface area contributed by atoms with E-state index < -0.39 is 0 Å². The number of hydrogen-bond donors (Lipinski definition) is 0. The average Bonchev–Trinajstić information content (AvgIpc) is 2.82. The predicted octanol–water partition coefficient (Wildman–Crippen LogP) is 3.88. The van der Waals surface area contributed by atoms with E-state index in [0.717, 1.165) is 6.54 Å². The predicted molar refractivity (Wildman–Crippen MR) is 63.0 cm³/mol. The van der Waals surface area contributed by atoms with Crippen molar-refractivity contribution in [3.05, 3.63) is 35.8 Å².